The number of hydrogen-bond donors (Lipinski definition) is 1. The number of benzene rings is 1. The minimum atomic E-state index is -0.963. The van der Waals surface area contributed by atoms with Gasteiger partial charge in [0.05, 0.1) is 5.69 Å². The molecular weight excluding hydrogens is 276 g/mol. The number of carboxylic acid groups (broad SMARTS) is 1. The van der Waals surface area contributed by atoms with Crippen molar-refractivity contribution in [2.45, 2.75) is 6.92 Å². The number of imidazole rings is 1. The first-order valence-electron chi connectivity index (χ1n) is 5.95. The lowest BCUT2D eigenvalue weighted by molar-refractivity contribution is 0.0698. The summed E-state index contributed by atoms with van der Waals surface area (Å²) in [6.07, 6.45) is 1.83. The Labute approximate surface area is 122 Å². The molecule has 0 amide bonds. The highest BCUT2D eigenvalue weighted by Crippen LogP contribution is 2.24. The highest BCUT2D eigenvalue weighted by molar-refractivity contribution is 5.95. The average Bonchev–Trinajstić information content (AvgIpc) is 2.77. The summed E-state index contributed by atoms with van der Waals surface area (Å²) in [6, 6.07) is 13.0. The van der Waals surface area contributed by atoms with Gasteiger partial charge in [0.15, 0.2) is 5.65 Å². The van der Waals surface area contributed by atoms with Crippen LogP contribution in [0.15, 0.2) is 48.7 Å². The molecule has 0 unspecified atom stereocenters. The summed E-state index contributed by atoms with van der Waals surface area (Å²) in [6.45, 7) is 1.94. The van der Waals surface area contributed by atoms with Gasteiger partial charge in [0.2, 0.25) is 0 Å². The van der Waals surface area contributed by atoms with E-state index in [2.05, 4.69) is 4.98 Å². The standard InChI is InChI=1S/C15H12N2O2.ClH/c1-10-13(11-6-3-2-4-7-11)16-14-12(15(18)19)8-5-9-17(10)14;/h2-9H,1H3,(H,18,19);1H. The van der Waals surface area contributed by atoms with Gasteiger partial charge in [0.1, 0.15) is 5.56 Å². The lowest BCUT2D eigenvalue weighted by Gasteiger charge is -1.99. The molecule has 4 nitrogen and oxygen atoms in total. The van der Waals surface area contributed by atoms with E-state index >= 15 is 0 Å². The Morgan fingerprint density at radius 2 is 1.85 bits per heavy atom. The zero-order chi connectivity index (χ0) is 13.4. The number of pyridine rings is 1. The molecule has 0 aliphatic carbocycles. The van der Waals surface area contributed by atoms with E-state index < -0.39 is 5.97 Å². The Morgan fingerprint density at radius 1 is 1.15 bits per heavy atom. The molecule has 3 aromatic rings. The summed E-state index contributed by atoms with van der Waals surface area (Å²) < 4.78 is 1.81. The van der Waals surface area contributed by atoms with Gasteiger partial charge in [0, 0.05) is 17.5 Å². The molecule has 0 saturated carbocycles. The molecule has 102 valence electrons. The summed E-state index contributed by atoms with van der Waals surface area (Å²) in [4.78, 5) is 15.7. The zero-order valence-electron chi connectivity index (χ0n) is 10.8. The van der Waals surface area contributed by atoms with Crippen molar-refractivity contribution in [3.8, 4) is 11.3 Å². The number of carboxylic acids is 1. The second-order valence-corrected chi connectivity index (χ2v) is 4.33. The predicted octanol–water partition coefficient (Wildman–Crippen LogP) is 3.43. The Bertz CT molecular complexity index is 766. The molecular formula is C15H13ClN2O2. The molecule has 2 heterocycles. The van der Waals surface area contributed by atoms with E-state index in [1.54, 1.807) is 12.1 Å². The third-order valence-corrected chi connectivity index (χ3v) is 3.17. The van der Waals surface area contributed by atoms with E-state index in [4.69, 9.17) is 0 Å². The van der Waals surface area contributed by atoms with E-state index in [1.807, 2.05) is 47.9 Å². The van der Waals surface area contributed by atoms with Crippen LogP contribution < -0.4 is 0 Å². The molecule has 0 spiro atoms. The van der Waals surface area contributed by atoms with E-state index in [1.165, 1.54) is 0 Å². The summed E-state index contributed by atoms with van der Waals surface area (Å²) in [5.74, 6) is -0.963. The number of halogens is 1. The molecule has 5 heteroatoms. The van der Waals surface area contributed by atoms with Gasteiger partial charge in [-0.1, -0.05) is 30.3 Å². The summed E-state index contributed by atoms with van der Waals surface area (Å²) in [5.41, 5.74) is 3.43. The van der Waals surface area contributed by atoms with Crippen molar-refractivity contribution in [3.05, 3.63) is 59.9 Å². The predicted molar refractivity (Wildman–Crippen MR) is 79.6 cm³/mol. The van der Waals surface area contributed by atoms with Crippen LogP contribution in [0.2, 0.25) is 0 Å². The van der Waals surface area contributed by atoms with Crippen molar-refractivity contribution in [2.75, 3.05) is 0 Å². The topological polar surface area (TPSA) is 54.6 Å². The van der Waals surface area contributed by atoms with E-state index in [0.29, 0.717) is 5.65 Å². The maximum atomic E-state index is 11.2. The van der Waals surface area contributed by atoms with Crippen LogP contribution in [0.5, 0.6) is 0 Å². The fourth-order valence-corrected chi connectivity index (χ4v) is 2.22. The lowest BCUT2D eigenvalue weighted by Crippen LogP contribution is -2.00. The van der Waals surface area contributed by atoms with Gasteiger partial charge in [-0.3, -0.25) is 0 Å². The van der Waals surface area contributed by atoms with Crippen molar-refractivity contribution in [1.82, 2.24) is 9.38 Å². The van der Waals surface area contributed by atoms with Crippen LogP contribution in [0.4, 0.5) is 0 Å². The van der Waals surface area contributed by atoms with Gasteiger partial charge in [-0.2, -0.15) is 0 Å². The fourth-order valence-electron chi connectivity index (χ4n) is 2.22. The minimum Gasteiger partial charge on any atom is -0.478 e. The van der Waals surface area contributed by atoms with Gasteiger partial charge in [-0.05, 0) is 19.1 Å². The van der Waals surface area contributed by atoms with Crippen LogP contribution in [-0.4, -0.2) is 20.5 Å². The van der Waals surface area contributed by atoms with Crippen LogP contribution in [0, 0.1) is 6.92 Å². The zero-order valence-corrected chi connectivity index (χ0v) is 11.6. The monoisotopic (exact) mass is 288 g/mol. The van der Waals surface area contributed by atoms with Crippen LogP contribution in [0.25, 0.3) is 16.9 Å². The lowest BCUT2D eigenvalue weighted by atomic mass is 10.1. The average molecular weight is 289 g/mol. The fraction of sp³-hybridized carbons (Fsp3) is 0.0667. The molecule has 20 heavy (non-hydrogen) atoms. The number of aromatic carboxylic acids is 1. The number of nitrogens with zero attached hydrogens (tertiary/aromatic N) is 2. The normalized spacial score (nSPS) is 10.2. The SMILES string of the molecule is Cc1c(-c2ccccc2)nc2c(C(=O)O)cccn12.Cl. The maximum absolute atomic E-state index is 11.2. The molecule has 0 atom stereocenters. The minimum absolute atomic E-state index is 0. The second kappa shape index (κ2) is 5.35. The molecule has 1 aromatic carbocycles. The first-order chi connectivity index (χ1) is 9.18. The maximum Gasteiger partial charge on any atom is 0.339 e. The Morgan fingerprint density at radius 3 is 2.50 bits per heavy atom. The second-order valence-electron chi connectivity index (χ2n) is 4.33. The number of aromatic nitrogens is 2. The molecule has 2 aromatic heterocycles. The molecule has 0 bridgehead atoms. The van der Waals surface area contributed by atoms with Gasteiger partial charge in [-0.15, -0.1) is 12.4 Å². The number of aryl methyl sites for hydroxylation is 1. The number of rotatable bonds is 2. The molecule has 0 aliphatic heterocycles. The summed E-state index contributed by atoms with van der Waals surface area (Å²) in [7, 11) is 0. The summed E-state index contributed by atoms with van der Waals surface area (Å²) >= 11 is 0. The van der Waals surface area contributed by atoms with Crippen LogP contribution in [0.1, 0.15) is 16.1 Å². The smallest absolute Gasteiger partial charge is 0.339 e. The highest BCUT2D eigenvalue weighted by Gasteiger charge is 2.15. The largest absolute Gasteiger partial charge is 0.478 e. The van der Waals surface area contributed by atoms with Gasteiger partial charge in [-0.25, -0.2) is 9.78 Å². The van der Waals surface area contributed by atoms with Crippen molar-refractivity contribution >= 4 is 24.0 Å². The van der Waals surface area contributed by atoms with E-state index in [-0.39, 0.29) is 18.0 Å². The van der Waals surface area contributed by atoms with Crippen molar-refractivity contribution in [2.24, 2.45) is 0 Å². The first kappa shape index (κ1) is 14.1. The molecule has 3 rings (SSSR count). The van der Waals surface area contributed by atoms with Crippen LogP contribution >= 0.6 is 12.4 Å². The van der Waals surface area contributed by atoms with Crippen LogP contribution in [-0.2, 0) is 0 Å². The van der Waals surface area contributed by atoms with Crippen LogP contribution in [0.3, 0.4) is 0 Å². The third-order valence-electron chi connectivity index (χ3n) is 3.17. The Balaban J connectivity index is 0.00000147. The number of hydrogen-bond acceptors (Lipinski definition) is 2. The molecule has 0 radical (unpaired) electrons. The van der Waals surface area contributed by atoms with Crippen molar-refractivity contribution in [1.29, 1.82) is 0 Å². The number of fused-ring (bicyclic) bond motifs is 1. The highest BCUT2D eigenvalue weighted by atomic mass is 35.5. The van der Waals surface area contributed by atoms with E-state index in [9.17, 15) is 9.90 Å². The molecule has 0 saturated heterocycles. The Kier molecular flexibility index (Phi) is 3.77. The van der Waals surface area contributed by atoms with Crippen molar-refractivity contribution < 1.29 is 9.90 Å². The van der Waals surface area contributed by atoms with E-state index in [0.717, 1.165) is 17.0 Å². The van der Waals surface area contributed by atoms with Crippen molar-refractivity contribution in [3.63, 3.8) is 0 Å². The quantitative estimate of drug-likeness (QED) is 0.786. The summed E-state index contributed by atoms with van der Waals surface area (Å²) in [5, 5.41) is 9.20. The molecule has 1 N–H and O–H groups in total. The Hall–Kier alpha value is -2.33. The molecule has 0 fully saturated rings. The third kappa shape index (κ3) is 2.14. The first-order valence-corrected chi connectivity index (χ1v) is 5.95. The molecule has 0 aliphatic rings. The number of carbonyl (C=O) groups is 1. The van der Waals surface area contributed by atoms with Gasteiger partial charge in [0.25, 0.3) is 0 Å². The van der Waals surface area contributed by atoms with Gasteiger partial charge < -0.3 is 9.51 Å². The van der Waals surface area contributed by atoms with Gasteiger partial charge >= 0.3 is 5.97 Å².